The molecule has 0 fully saturated rings. The second-order valence-electron chi connectivity index (χ2n) is 5.78. The van der Waals surface area contributed by atoms with Gasteiger partial charge in [-0.05, 0) is 49.7 Å². The molecule has 0 radical (unpaired) electrons. The minimum atomic E-state index is -3.78. The van der Waals surface area contributed by atoms with Gasteiger partial charge in [0.15, 0.2) is 11.4 Å². The van der Waals surface area contributed by atoms with E-state index in [9.17, 15) is 13.2 Å². The average Bonchev–Trinajstić information content (AvgIpc) is 3.01. The first-order valence-electron chi connectivity index (χ1n) is 8.42. The van der Waals surface area contributed by atoms with Crippen LogP contribution in [0.5, 0.6) is 5.75 Å². The van der Waals surface area contributed by atoms with Crippen molar-refractivity contribution in [2.24, 2.45) is 5.14 Å². The van der Waals surface area contributed by atoms with Gasteiger partial charge in [-0.1, -0.05) is 6.92 Å². The predicted molar refractivity (Wildman–Crippen MR) is 102 cm³/mol. The molecule has 2 aromatic heterocycles. The normalized spacial score (nSPS) is 11.5. The molecule has 0 unspecified atom stereocenters. The number of nitrogens with zero attached hydrogens (tertiary/aromatic N) is 2. The molecule has 2 heterocycles. The topological polar surface area (TPSA) is 116 Å². The van der Waals surface area contributed by atoms with Crippen LogP contribution in [0.25, 0.3) is 5.65 Å². The number of sulfonamides is 1. The summed E-state index contributed by atoms with van der Waals surface area (Å²) in [6.45, 7) is 4.29. The van der Waals surface area contributed by atoms with Gasteiger partial charge in [-0.15, -0.1) is 0 Å². The molecule has 0 aliphatic carbocycles. The molecule has 142 valence electrons. The minimum Gasteiger partial charge on any atom is -0.490 e. The Morgan fingerprint density at radius 3 is 2.52 bits per heavy atom. The highest BCUT2D eigenvalue weighted by atomic mass is 32.2. The highest BCUT2D eigenvalue weighted by Crippen LogP contribution is 2.24. The van der Waals surface area contributed by atoms with Crippen LogP contribution < -0.4 is 15.2 Å². The molecule has 0 saturated heterocycles. The molecular formula is C18H20N4O4S. The highest BCUT2D eigenvalue weighted by molar-refractivity contribution is 7.89. The van der Waals surface area contributed by atoms with Gasteiger partial charge in [0, 0.05) is 11.9 Å². The third-order valence-corrected chi connectivity index (χ3v) is 4.91. The summed E-state index contributed by atoms with van der Waals surface area (Å²) in [6.07, 6.45) is 2.32. The Labute approximate surface area is 157 Å². The lowest BCUT2D eigenvalue weighted by Crippen LogP contribution is -2.17. The van der Waals surface area contributed by atoms with Crippen molar-refractivity contribution in [2.75, 3.05) is 11.9 Å². The number of benzene rings is 1. The number of primary sulfonamides is 1. The molecule has 0 spiro atoms. The standard InChI is InChI=1S/C18H20N4O4S/c1-3-14-16(22-11-5-6-15(26-4-2)17(22)21-14)18(23)20-12-7-9-13(10-8-12)27(19,24)25/h5-11H,3-4H2,1-2H3,(H,20,23)(H2,19,24,25). The molecule has 3 N–H and O–H groups in total. The fraction of sp³-hybridized carbons (Fsp3) is 0.222. The molecule has 27 heavy (non-hydrogen) atoms. The quantitative estimate of drug-likeness (QED) is 0.671. The molecule has 1 aromatic carbocycles. The molecule has 0 bridgehead atoms. The number of hydrogen-bond donors (Lipinski definition) is 2. The van der Waals surface area contributed by atoms with Crippen molar-refractivity contribution in [1.82, 2.24) is 9.38 Å². The van der Waals surface area contributed by atoms with E-state index in [-0.39, 0.29) is 10.8 Å². The number of imidazole rings is 1. The third-order valence-electron chi connectivity index (χ3n) is 3.98. The summed E-state index contributed by atoms with van der Waals surface area (Å²) in [6, 6.07) is 9.24. The van der Waals surface area contributed by atoms with Gasteiger partial charge in [-0.2, -0.15) is 0 Å². The number of nitrogens with two attached hydrogens (primary N) is 1. The molecule has 0 aliphatic rings. The number of aryl methyl sites for hydroxylation is 1. The monoisotopic (exact) mass is 388 g/mol. The molecular weight excluding hydrogens is 368 g/mol. The molecule has 1 amide bonds. The fourth-order valence-electron chi connectivity index (χ4n) is 2.76. The number of anilines is 1. The van der Waals surface area contributed by atoms with Crippen molar-refractivity contribution in [1.29, 1.82) is 0 Å². The predicted octanol–water partition coefficient (Wildman–Crippen LogP) is 2.20. The number of hydrogen-bond acceptors (Lipinski definition) is 5. The number of carbonyl (C=O) groups is 1. The number of carbonyl (C=O) groups excluding carboxylic acids is 1. The van der Waals surface area contributed by atoms with E-state index in [0.29, 0.717) is 41.5 Å². The van der Waals surface area contributed by atoms with Gasteiger partial charge in [0.1, 0.15) is 5.69 Å². The summed E-state index contributed by atoms with van der Waals surface area (Å²) < 4.78 is 30.0. The Balaban J connectivity index is 1.97. The number of pyridine rings is 1. The van der Waals surface area contributed by atoms with Crippen molar-refractivity contribution < 1.29 is 17.9 Å². The Bertz CT molecular complexity index is 1090. The molecule has 8 nitrogen and oxygen atoms in total. The van der Waals surface area contributed by atoms with Gasteiger partial charge < -0.3 is 10.1 Å². The first-order valence-corrected chi connectivity index (χ1v) is 9.96. The van der Waals surface area contributed by atoms with Gasteiger partial charge in [0.05, 0.1) is 17.2 Å². The summed E-state index contributed by atoms with van der Waals surface area (Å²) in [5, 5.41) is 7.85. The highest BCUT2D eigenvalue weighted by Gasteiger charge is 2.20. The summed E-state index contributed by atoms with van der Waals surface area (Å²) in [7, 11) is -3.78. The molecule has 3 rings (SSSR count). The van der Waals surface area contributed by atoms with Crippen molar-refractivity contribution in [3.05, 3.63) is 54.0 Å². The van der Waals surface area contributed by atoms with E-state index < -0.39 is 10.0 Å². The van der Waals surface area contributed by atoms with Crippen LogP contribution in [0.3, 0.4) is 0 Å². The Morgan fingerprint density at radius 1 is 1.22 bits per heavy atom. The lowest BCUT2D eigenvalue weighted by molar-refractivity contribution is 0.102. The van der Waals surface area contributed by atoms with Crippen molar-refractivity contribution >= 4 is 27.3 Å². The van der Waals surface area contributed by atoms with Crippen LogP contribution in [0.2, 0.25) is 0 Å². The van der Waals surface area contributed by atoms with E-state index in [0.717, 1.165) is 0 Å². The molecule has 0 atom stereocenters. The first kappa shape index (κ1) is 18.9. The number of aromatic nitrogens is 2. The summed E-state index contributed by atoms with van der Waals surface area (Å²) >= 11 is 0. The Hall–Kier alpha value is -2.91. The van der Waals surface area contributed by atoms with Crippen molar-refractivity contribution in [3.8, 4) is 5.75 Å². The zero-order chi connectivity index (χ0) is 19.6. The summed E-state index contributed by atoms with van der Waals surface area (Å²) in [4.78, 5) is 17.4. The van der Waals surface area contributed by atoms with E-state index in [4.69, 9.17) is 9.88 Å². The van der Waals surface area contributed by atoms with Gasteiger partial charge in [0.2, 0.25) is 10.0 Å². The number of ether oxygens (including phenoxy) is 1. The van der Waals surface area contributed by atoms with Crippen LogP contribution in [0.4, 0.5) is 5.69 Å². The van der Waals surface area contributed by atoms with Crippen LogP contribution in [-0.2, 0) is 16.4 Å². The summed E-state index contributed by atoms with van der Waals surface area (Å²) in [5.41, 5.74) is 2.07. The maximum absolute atomic E-state index is 12.9. The zero-order valence-electron chi connectivity index (χ0n) is 15.0. The van der Waals surface area contributed by atoms with Gasteiger partial charge in [-0.25, -0.2) is 18.5 Å². The SMILES string of the molecule is CCOc1cccn2c(C(=O)Nc3ccc(S(N)(=O)=O)cc3)c(CC)nc12. The smallest absolute Gasteiger partial charge is 0.274 e. The lowest BCUT2D eigenvalue weighted by atomic mass is 10.2. The van der Waals surface area contributed by atoms with E-state index >= 15 is 0 Å². The number of amides is 1. The van der Waals surface area contributed by atoms with E-state index in [1.165, 1.54) is 24.3 Å². The van der Waals surface area contributed by atoms with Crippen LogP contribution >= 0.6 is 0 Å². The molecule has 0 saturated carbocycles. The Morgan fingerprint density at radius 2 is 1.93 bits per heavy atom. The zero-order valence-corrected chi connectivity index (χ0v) is 15.8. The van der Waals surface area contributed by atoms with Crippen molar-refractivity contribution in [2.45, 2.75) is 25.2 Å². The van der Waals surface area contributed by atoms with Crippen molar-refractivity contribution in [3.63, 3.8) is 0 Å². The lowest BCUT2D eigenvalue weighted by Gasteiger charge is -2.08. The minimum absolute atomic E-state index is 0.0223. The second kappa shape index (κ2) is 7.37. The van der Waals surface area contributed by atoms with Gasteiger partial charge in [0.25, 0.3) is 5.91 Å². The third kappa shape index (κ3) is 3.79. The van der Waals surface area contributed by atoms with Gasteiger partial charge >= 0.3 is 0 Å². The van der Waals surface area contributed by atoms with Crippen LogP contribution in [0.1, 0.15) is 30.0 Å². The van der Waals surface area contributed by atoms with Crippen LogP contribution in [0, 0.1) is 0 Å². The number of rotatable bonds is 6. The maximum Gasteiger partial charge on any atom is 0.274 e. The number of nitrogens with one attached hydrogen (secondary N) is 1. The molecule has 3 aromatic rings. The summed E-state index contributed by atoms with van der Waals surface area (Å²) in [5.74, 6) is 0.252. The Kier molecular flexibility index (Phi) is 5.15. The molecule has 9 heteroatoms. The first-order chi connectivity index (χ1) is 12.8. The largest absolute Gasteiger partial charge is 0.490 e. The van der Waals surface area contributed by atoms with Crippen LogP contribution in [-0.4, -0.2) is 30.3 Å². The fourth-order valence-corrected chi connectivity index (χ4v) is 3.28. The van der Waals surface area contributed by atoms with Gasteiger partial charge in [-0.3, -0.25) is 9.20 Å². The molecule has 0 aliphatic heterocycles. The van der Waals surface area contributed by atoms with E-state index in [2.05, 4.69) is 10.3 Å². The average molecular weight is 388 g/mol. The number of fused-ring (bicyclic) bond motifs is 1. The maximum atomic E-state index is 12.9. The van der Waals surface area contributed by atoms with E-state index in [1.807, 2.05) is 13.8 Å². The second-order valence-corrected chi connectivity index (χ2v) is 7.34. The van der Waals surface area contributed by atoms with E-state index in [1.54, 1.807) is 22.7 Å². The van der Waals surface area contributed by atoms with Crippen LogP contribution in [0.15, 0.2) is 47.5 Å².